The number of benzene rings is 1. The number of hydrogen-bond donors (Lipinski definition) is 3. The first-order chi connectivity index (χ1) is 5.65. The lowest BCUT2D eigenvalue weighted by atomic mass is 10.1. The van der Waals surface area contributed by atoms with Crippen LogP contribution in [0.2, 0.25) is 0 Å². The number of rotatable bonds is 2. The van der Waals surface area contributed by atoms with Gasteiger partial charge in [0, 0.05) is 12.2 Å². The highest BCUT2D eigenvalue weighted by atomic mass is 16.5. The minimum absolute atomic E-state index is 0.460. The average molecular weight is 166 g/mol. The molecule has 0 unspecified atom stereocenters. The lowest BCUT2D eigenvalue weighted by Gasteiger charge is -2.07. The van der Waals surface area contributed by atoms with Crippen molar-refractivity contribution in [1.82, 2.24) is 5.48 Å². The van der Waals surface area contributed by atoms with E-state index < -0.39 is 0 Å². The van der Waals surface area contributed by atoms with Crippen LogP contribution in [0.25, 0.3) is 0 Å². The molecule has 0 atom stereocenters. The van der Waals surface area contributed by atoms with E-state index in [1.807, 2.05) is 26.0 Å². The highest BCUT2D eigenvalue weighted by molar-refractivity contribution is 5.54. The van der Waals surface area contributed by atoms with Gasteiger partial charge in [0.05, 0.1) is 0 Å². The highest BCUT2D eigenvalue weighted by Gasteiger charge is 2.00. The molecule has 0 aromatic heterocycles. The predicted octanol–water partition coefficient (Wildman–Crippen LogP) is 1.36. The molecule has 1 rings (SSSR count). The molecule has 0 saturated heterocycles. The maximum atomic E-state index is 8.49. The van der Waals surface area contributed by atoms with E-state index in [0.29, 0.717) is 6.54 Å². The van der Waals surface area contributed by atoms with Gasteiger partial charge in [-0.25, -0.2) is 5.48 Å². The van der Waals surface area contributed by atoms with Crippen molar-refractivity contribution in [3.05, 3.63) is 28.8 Å². The van der Waals surface area contributed by atoms with Crippen molar-refractivity contribution in [2.24, 2.45) is 0 Å². The quantitative estimate of drug-likeness (QED) is 0.459. The Hall–Kier alpha value is -1.06. The smallest absolute Gasteiger partial charge is 0.0458 e. The fraction of sp³-hybridized carbons (Fsp3) is 0.333. The Labute approximate surface area is 72.2 Å². The number of hydrogen-bond acceptors (Lipinski definition) is 3. The first kappa shape index (κ1) is 9.03. The first-order valence-electron chi connectivity index (χ1n) is 3.87. The zero-order chi connectivity index (χ0) is 9.14. The molecule has 1 aromatic carbocycles. The molecule has 0 aliphatic heterocycles. The second-order valence-electron chi connectivity index (χ2n) is 2.98. The number of hydroxylamine groups is 1. The van der Waals surface area contributed by atoms with Gasteiger partial charge in [0.25, 0.3) is 0 Å². The Morgan fingerprint density at radius 3 is 2.25 bits per heavy atom. The number of anilines is 1. The summed E-state index contributed by atoms with van der Waals surface area (Å²) in [6.45, 7) is 4.38. The molecule has 1 aromatic rings. The molecular formula is C9H14N2O. The van der Waals surface area contributed by atoms with Crippen LogP contribution in [-0.2, 0) is 6.54 Å². The molecule has 0 radical (unpaired) electrons. The van der Waals surface area contributed by atoms with Gasteiger partial charge in [-0.1, -0.05) is 12.1 Å². The van der Waals surface area contributed by atoms with E-state index in [1.54, 1.807) is 0 Å². The second kappa shape index (κ2) is 3.56. The van der Waals surface area contributed by atoms with E-state index in [2.05, 4.69) is 5.48 Å². The van der Waals surface area contributed by atoms with Crippen molar-refractivity contribution < 1.29 is 5.21 Å². The molecule has 66 valence electrons. The van der Waals surface area contributed by atoms with Gasteiger partial charge >= 0.3 is 0 Å². The van der Waals surface area contributed by atoms with E-state index in [-0.39, 0.29) is 0 Å². The third kappa shape index (κ3) is 1.75. The van der Waals surface area contributed by atoms with Crippen LogP contribution in [0.4, 0.5) is 5.69 Å². The molecule has 0 fully saturated rings. The van der Waals surface area contributed by atoms with Gasteiger partial charge in [0.2, 0.25) is 0 Å². The van der Waals surface area contributed by atoms with Gasteiger partial charge in [-0.15, -0.1) is 0 Å². The Balaban J connectivity index is 3.04. The summed E-state index contributed by atoms with van der Waals surface area (Å²) in [5.74, 6) is 0. The van der Waals surface area contributed by atoms with Crippen LogP contribution in [0.15, 0.2) is 12.1 Å². The molecule has 0 amide bonds. The summed E-state index contributed by atoms with van der Waals surface area (Å²) in [5, 5.41) is 8.49. The zero-order valence-electron chi connectivity index (χ0n) is 7.39. The van der Waals surface area contributed by atoms with E-state index in [9.17, 15) is 0 Å². The van der Waals surface area contributed by atoms with E-state index in [1.165, 1.54) is 0 Å². The van der Waals surface area contributed by atoms with Crippen molar-refractivity contribution in [3.8, 4) is 0 Å². The van der Waals surface area contributed by atoms with Gasteiger partial charge in [-0.2, -0.15) is 0 Å². The maximum absolute atomic E-state index is 8.49. The normalized spacial score (nSPS) is 10.2. The number of nitrogens with two attached hydrogens (primary N) is 1. The fourth-order valence-electron chi connectivity index (χ4n) is 1.26. The molecule has 4 N–H and O–H groups in total. The molecule has 0 bridgehead atoms. The summed E-state index contributed by atoms with van der Waals surface area (Å²) in [6.07, 6.45) is 0. The molecule has 0 spiro atoms. The Bertz CT molecular complexity index is 261. The monoisotopic (exact) mass is 166 g/mol. The highest BCUT2D eigenvalue weighted by Crippen LogP contribution is 2.18. The summed E-state index contributed by atoms with van der Waals surface area (Å²) < 4.78 is 0. The van der Waals surface area contributed by atoms with Crippen LogP contribution in [0, 0.1) is 13.8 Å². The van der Waals surface area contributed by atoms with Crippen LogP contribution < -0.4 is 11.2 Å². The van der Waals surface area contributed by atoms with Gasteiger partial charge in [0.15, 0.2) is 0 Å². The second-order valence-corrected chi connectivity index (χ2v) is 2.98. The van der Waals surface area contributed by atoms with Crippen molar-refractivity contribution >= 4 is 5.69 Å². The topological polar surface area (TPSA) is 58.3 Å². The molecule has 0 heterocycles. The van der Waals surface area contributed by atoms with E-state index >= 15 is 0 Å². The van der Waals surface area contributed by atoms with Crippen molar-refractivity contribution in [1.29, 1.82) is 0 Å². The largest absolute Gasteiger partial charge is 0.398 e. The summed E-state index contributed by atoms with van der Waals surface area (Å²) in [4.78, 5) is 0. The molecular weight excluding hydrogens is 152 g/mol. The lowest BCUT2D eigenvalue weighted by molar-refractivity contribution is 0.161. The minimum atomic E-state index is 0.460. The molecule has 0 saturated carbocycles. The Morgan fingerprint density at radius 1 is 1.33 bits per heavy atom. The van der Waals surface area contributed by atoms with Crippen LogP contribution in [-0.4, -0.2) is 5.21 Å². The summed E-state index contributed by atoms with van der Waals surface area (Å²) in [7, 11) is 0. The number of aryl methyl sites for hydroxylation is 2. The van der Waals surface area contributed by atoms with Crippen LogP contribution in [0.3, 0.4) is 0 Å². The number of nitrogen functional groups attached to an aromatic ring is 1. The van der Waals surface area contributed by atoms with Crippen molar-refractivity contribution in [2.45, 2.75) is 20.4 Å². The van der Waals surface area contributed by atoms with Gasteiger partial charge in [-0.05, 0) is 30.5 Å². The fourth-order valence-corrected chi connectivity index (χ4v) is 1.26. The standard InChI is InChI=1S/C9H14N2O/c1-6-3-8(5-11-12)4-7(2)9(6)10/h3-4,11-12H,5,10H2,1-2H3. The predicted molar refractivity (Wildman–Crippen MR) is 49.0 cm³/mol. The van der Waals surface area contributed by atoms with Crippen molar-refractivity contribution in [2.75, 3.05) is 5.73 Å². The van der Waals surface area contributed by atoms with Gasteiger partial charge < -0.3 is 10.9 Å². The molecule has 0 aliphatic rings. The van der Waals surface area contributed by atoms with E-state index in [0.717, 1.165) is 22.4 Å². The Kier molecular flexibility index (Phi) is 2.68. The van der Waals surface area contributed by atoms with Crippen molar-refractivity contribution in [3.63, 3.8) is 0 Å². The lowest BCUT2D eigenvalue weighted by Crippen LogP contribution is -2.07. The van der Waals surface area contributed by atoms with Crippen LogP contribution in [0.1, 0.15) is 16.7 Å². The Morgan fingerprint density at radius 2 is 1.83 bits per heavy atom. The van der Waals surface area contributed by atoms with Crippen LogP contribution >= 0.6 is 0 Å². The first-order valence-corrected chi connectivity index (χ1v) is 3.87. The summed E-state index contributed by atoms with van der Waals surface area (Å²) >= 11 is 0. The van der Waals surface area contributed by atoms with E-state index in [4.69, 9.17) is 10.9 Å². The van der Waals surface area contributed by atoms with Gasteiger partial charge in [0.1, 0.15) is 0 Å². The third-order valence-electron chi connectivity index (χ3n) is 1.94. The average Bonchev–Trinajstić information content (AvgIpc) is 2.01. The molecule has 3 heteroatoms. The maximum Gasteiger partial charge on any atom is 0.0458 e. The minimum Gasteiger partial charge on any atom is -0.398 e. The summed E-state index contributed by atoms with van der Waals surface area (Å²) in [5.41, 5.74) is 11.9. The third-order valence-corrected chi connectivity index (χ3v) is 1.94. The molecule has 12 heavy (non-hydrogen) atoms. The van der Waals surface area contributed by atoms with Gasteiger partial charge in [-0.3, -0.25) is 0 Å². The molecule has 3 nitrogen and oxygen atoms in total. The molecule has 0 aliphatic carbocycles. The van der Waals surface area contributed by atoms with Crippen LogP contribution in [0.5, 0.6) is 0 Å². The summed E-state index contributed by atoms with van der Waals surface area (Å²) in [6, 6.07) is 3.93. The zero-order valence-corrected chi connectivity index (χ0v) is 7.39. The number of nitrogens with one attached hydrogen (secondary N) is 1. The SMILES string of the molecule is Cc1cc(CNO)cc(C)c1N.